The number of benzene rings is 1. The second-order valence-electron chi connectivity index (χ2n) is 9.49. The molecule has 1 aromatic carbocycles. The number of esters is 3. The van der Waals surface area contributed by atoms with Gasteiger partial charge in [-0.1, -0.05) is 43.2 Å². The number of carbonyl (C=O) groups is 5. The Morgan fingerprint density at radius 3 is 2.10 bits per heavy atom. The van der Waals surface area contributed by atoms with Gasteiger partial charge in [0.1, 0.15) is 25.4 Å². The van der Waals surface area contributed by atoms with Crippen LogP contribution in [0.2, 0.25) is 0 Å². The molecule has 1 fully saturated rings. The van der Waals surface area contributed by atoms with Gasteiger partial charge in [-0.25, -0.2) is 4.79 Å². The number of unbranched alkanes of at least 4 members (excludes halogenated alkanes) is 3. The third-order valence-corrected chi connectivity index (χ3v) is 5.91. The number of ether oxygens (including phenoxy) is 6. The zero-order valence-electron chi connectivity index (χ0n) is 23.9. The van der Waals surface area contributed by atoms with Crippen molar-refractivity contribution in [3.05, 3.63) is 35.9 Å². The van der Waals surface area contributed by atoms with Crippen LogP contribution in [0.15, 0.2) is 30.3 Å². The minimum atomic E-state index is -1.17. The van der Waals surface area contributed by atoms with Gasteiger partial charge in [0.15, 0.2) is 18.5 Å². The lowest BCUT2D eigenvalue weighted by atomic mass is 9.96. The van der Waals surface area contributed by atoms with E-state index < -0.39 is 60.6 Å². The fraction of sp³-hybridized carbons (Fsp3) is 0.607. The second kappa shape index (κ2) is 17.9. The second-order valence-corrected chi connectivity index (χ2v) is 9.49. The molecule has 1 aliphatic rings. The maximum absolute atomic E-state index is 12.0. The Labute approximate surface area is 239 Å². The van der Waals surface area contributed by atoms with Gasteiger partial charge in [-0.05, 0) is 18.4 Å². The standard InChI is InChI=1S/C28H40N2O11/c1-18(31)30-24-26(40-21(4)34)25(39-20(3)33)23(17-37-19(2)32)41-27(24)36-15-11-6-5-10-14-29-28(35)38-16-22-12-8-7-9-13-22/h7-9,12-13,23-27H,5-6,10-11,14-17H2,1-4H3,(H,29,35)(H,30,31)/t23-,24-,25-,26-,27-/m1/s1. The molecule has 5 atom stereocenters. The van der Waals surface area contributed by atoms with Gasteiger partial charge in [-0.2, -0.15) is 0 Å². The Balaban J connectivity index is 1.86. The molecule has 2 amide bonds. The van der Waals surface area contributed by atoms with Gasteiger partial charge in [0, 0.05) is 40.8 Å². The van der Waals surface area contributed by atoms with Crippen LogP contribution in [0, 0.1) is 0 Å². The van der Waals surface area contributed by atoms with Gasteiger partial charge in [0.05, 0.1) is 0 Å². The zero-order chi connectivity index (χ0) is 30.2. The van der Waals surface area contributed by atoms with E-state index in [1.54, 1.807) is 0 Å². The molecule has 41 heavy (non-hydrogen) atoms. The van der Waals surface area contributed by atoms with Crippen molar-refractivity contribution < 1.29 is 52.4 Å². The maximum atomic E-state index is 12.0. The van der Waals surface area contributed by atoms with Gasteiger partial charge in [-0.3, -0.25) is 19.2 Å². The number of alkyl carbamates (subject to hydrolysis) is 1. The molecule has 1 saturated heterocycles. The number of nitrogens with one attached hydrogen (secondary N) is 2. The number of hydrogen-bond acceptors (Lipinski definition) is 11. The van der Waals surface area contributed by atoms with Crippen molar-refractivity contribution in [3.8, 4) is 0 Å². The van der Waals surface area contributed by atoms with Crippen molar-refractivity contribution in [1.82, 2.24) is 10.6 Å². The summed E-state index contributed by atoms with van der Waals surface area (Å²) in [6.45, 7) is 5.45. The lowest BCUT2D eigenvalue weighted by Gasteiger charge is -2.44. The number of carbonyl (C=O) groups excluding carboxylic acids is 5. The Kier molecular flexibility index (Phi) is 14.6. The molecule has 0 aromatic heterocycles. The van der Waals surface area contributed by atoms with Crippen LogP contribution in [0.4, 0.5) is 4.79 Å². The number of rotatable bonds is 15. The van der Waals surface area contributed by atoms with E-state index in [9.17, 15) is 24.0 Å². The molecule has 0 saturated carbocycles. The summed E-state index contributed by atoms with van der Waals surface area (Å²) in [5.74, 6) is -2.38. The highest BCUT2D eigenvalue weighted by molar-refractivity contribution is 5.73. The van der Waals surface area contributed by atoms with Gasteiger partial charge in [0.2, 0.25) is 5.91 Å². The van der Waals surface area contributed by atoms with E-state index in [0.717, 1.165) is 24.8 Å². The molecule has 2 rings (SSSR count). The molecule has 2 N–H and O–H groups in total. The van der Waals surface area contributed by atoms with Crippen molar-refractivity contribution in [1.29, 1.82) is 0 Å². The summed E-state index contributed by atoms with van der Waals surface area (Å²) < 4.78 is 32.9. The third kappa shape index (κ3) is 13.0. The molecule has 0 aliphatic carbocycles. The Bertz CT molecular complexity index is 1000. The van der Waals surface area contributed by atoms with E-state index in [-0.39, 0.29) is 19.8 Å². The van der Waals surface area contributed by atoms with Gasteiger partial charge in [0.25, 0.3) is 0 Å². The van der Waals surface area contributed by atoms with Crippen LogP contribution in [0.1, 0.15) is 58.9 Å². The molecule has 0 bridgehead atoms. The highest BCUT2D eigenvalue weighted by Gasteiger charge is 2.51. The van der Waals surface area contributed by atoms with E-state index in [1.165, 1.54) is 27.7 Å². The van der Waals surface area contributed by atoms with Crippen molar-refractivity contribution in [2.45, 2.75) is 90.6 Å². The summed E-state index contributed by atoms with van der Waals surface area (Å²) in [4.78, 5) is 59.0. The van der Waals surface area contributed by atoms with Crippen LogP contribution in [0.25, 0.3) is 0 Å². The fourth-order valence-electron chi connectivity index (χ4n) is 4.18. The lowest BCUT2D eigenvalue weighted by Crippen LogP contribution is -2.66. The lowest BCUT2D eigenvalue weighted by molar-refractivity contribution is -0.277. The normalized spacial score (nSPS) is 21.7. The molecule has 13 nitrogen and oxygen atoms in total. The minimum Gasteiger partial charge on any atom is -0.463 e. The predicted octanol–water partition coefficient (Wildman–Crippen LogP) is 2.15. The van der Waals surface area contributed by atoms with Crippen LogP contribution < -0.4 is 10.6 Å². The topological polar surface area (TPSA) is 165 Å². The first kappa shape index (κ1) is 33.5. The molecule has 0 radical (unpaired) electrons. The molecular formula is C28H40N2O11. The molecule has 228 valence electrons. The first-order chi connectivity index (χ1) is 19.6. The third-order valence-electron chi connectivity index (χ3n) is 5.91. The molecule has 0 unspecified atom stereocenters. The monoisotopic (exact) mass is 580 g/mol. The van der Waals surface area contributed by atoms with Gasteiger partial charge in [-0.15, -0.1) is 0 Å². The maximum Gasteiger partial charge on any atom is 0.407 e. The summed E-state index contributed by atoms with van der Waals surface area (Å²) in [6, 6.07) is 8.39. The highest BCUT2D eigenvalue weighted by atomic mass is 16.7. The molecule has 1 aromatic rings. The summed E-state index contributed by atoms with van der Waals surface area (Å²) in [6.07, 6.45) is -1.96. The molecule has 1 heterocycles. The molecule has 0 spiro atoms. The van der Waals surface area contributed by atoms with Crippen LogP contribution in [0.5, 0.6) is 0 Å². The first-order valence-corrected chi connectivity index (χ1v) is 13.5. The summed E-state index contributed by atoms with van der Waals surface area (Å²) in [5, 5.41) is 5.38. The Morgan fingerprint density at radius 2 is 1.46 bits per heavy atom. The molecule has 1 aliphatic heterocycles. The van der Waals surface area contributed by atoms with E-state index in [2.05, 4.69) is 10.6 Å². The summed E-state index contributed by atoms with van der Waals surface area (Å²) in [5.41, 5.74) is 0.907. The summed E-state index contributed by atoms with van der Waals surface area (Å²) >= 11 is 0. The molecular weight excluding hydrogens is 540 g/mol. The number of amides is 2. The Hall–Kier alpha value is -3.71. The average Bonchev–Trinajstić information content (AvgIpc) is 2.90. The molecule has 13 heteroatoms. The fourth-order valence-corrected chi connectivity index (χ4v) is 4.18. The van der Waals surface area contributed by atoms with Gasteiger partial charge < -0.3 is 39.1 Å². The van der Waals surface area contributed by atoms with Crippen molar-refractivity contribution in [3.63, 3.8) is 0 Å². The van der Waals surface area contributed by atoms with Crippen LogP contribution in [0.3, 0.4) is 0 Å². The largest absolute Gasteiger partial charge is 0.463 e. The van der Waals surface area contributed by atoms with E-state index in [1.807, 2.05) is 30.3 Å². The smallest absolute Gasteiger partial charge is 0.407 e. The number of hydrogen-bond donors (Lipinski definition) is 2. The van der Waals surface area contributed by atoms with Crippen molar-refractivity contribution >= 4 is 29.9 Å². The van der Waals surface area contributed by atoms with Crippen LogP contribution >= 0.6 is 0 Å². The van der Waals surface area contributed by atoms with Crippen LogP contribution in [-0.2, 0) is 54.2 Å². The Morgan fingerprint density at radius 1 is 0.805 bits per heavy atom. The SMILES string of the molecule is CC(=O)N[C@H]1[C@H](OCCCCCCNC(=O)OCc2ccccc2)O[C@H](COC(C)=O)[C@@H](OC(C)=O)[C@@H]1OC(C)=O. The highest BCUT2D eigenvalue weighted by Crippen LogP contribution is 2.28. The van der Waals surface area contributed by atoms with Crippen molar-refractivity contribution in [2.75, 3.05) is 19.8 Å². The predicted molar refractivity (Wildman–Crippen MR) is 143 cm³/mol. The first-order valence-electron chi connectivity index (χ1n) is 13.5. The average molecular weight is 581 g/mol. The minimum absolute atomic E-state index is 0.203. The van der Waals surface area contributed by atoms with E-state index >= 15 is 0 Å². The van der Waals surface area contributed by atoms with E-state index in [0.29, 0.717) is 13.0 Å². The van der Waals surface area contributed by atoms with Gasteiger partial charge >= 0.3 is 24.0 Å². The zero-order valence-corrected chi connectivity index (χ0v) is 23.9. The van der Waals surface area contributed by atoms with Crippen LogP contribution in [-0.4, -0.2) is 80.3 Å². The van der Waals surface area contributed by atoms with E-state index in [4.69, 9.17) is 28.4 Å². The summed E-state index contributed by atoms with van der Waals surface area (Å²) in [7, 11) is 0. The quantitative estimate of drug-likeness (QED) is 0.177. The van der Waals surface area contributed by atoms with Crippen molar-refractivity contribution in [2.24, 2.45) is 0 Å².